The first-order valence-corrected chi connectivity index (χ1v) is 10.1. The minimum atomic E-state index is -0.829. The molecule has 1 N–H and O–H groups in total. The summed E-state index contributed by atoms with van der Waals surface area (Å²) in [6.07, 6.45) is 1.40. The van der Waals surface area contributed by atoms with E-state index in [9.17, 15) is 9.90 Å². The number of ether oxygens (including phenoxy) is 4. The van der Waals surface area contributed by atoms with Crippen LogP contribution in [-0.4, -0.2) is 56.5 Å². The molecule has 2 unspecified atom stereocenters. The number of carbonyl (C=O) groups is 1. The van der Waals surface area contributed by atoms with Gasteiger partial charge in [-0.3, -0.25) is 9.69 Å². The molecule has 0 radical (unpaired) electrons. The Morgan fingerprint density at radius 1 is 1.07 bits per heavy atom. The summed E-state index contributed by atoms with van der Waals surface area (Å²) < 4.78 is 22.5. The predicted molar refractivity (Wildman–Crippen MR) is 113 cm³/mol. The van der Waals surface area contributed by atoms with Crippen LogP contribution in [0, 0.1) is 0 Å². The van der Waals surface area contributed by atoms with Gasteiger partial charge in [0, 0.05) is 6.54 Å². The first-order chi connectivity index (χ1) is 14.5. The number of rotatable bonds is 9. The highest BCUT2D eigenvalue weighted by molar-refractivity contribution is 5.74. The van der Waals surface area contributed by atoms with Crippen LogP contribution in [0.2, 0.25) is 0 Å². The molecule has 2 atom stereocenters. The molecule has 162 valence electrons. The number of carboxylic acid groups (broad SMARTS) is 1. The van der Waals surface area contributed by atoms with Crippen LogP contribution in [0.25, 0.3) is 0 Å². The molecule has 1 fully saturated rings. The third-order valence-corrected chi connectivity index (χ3v) is 5.45. The smallest absolute Gasteiger partial charge is 0.320 e. The van der Waals surface area contributed by atoms with E-state index in [4.69, 9.17) is 18.9 Å². The molecule has 1 aliphatic rings. The number of likely N-dealkylation sites (tertiary alicyclic amines) is 1. The molecule has 1 heterocycles. The lowest BCUT2D eigenvalue weighted by Crippen LogP contribution is -2.39. The van der Waals surface area contributed by atoms with Crippen LogP contribution in [-0.2, 0) is 4.79 Å². The van der Waals surface area contributed by atoms with Crippen molar-refractivity contribution in [1.82, 2.24) is 4.90 Å². The van der Waals surface area contributed by atoms with E-state index < -0.39 is 12.0 Å². The van der Waals surface area contributed by atoms with Crippen LogP contribution in [0.1, 0.15) is 36.9 Å². The van der Waals surface area contributed by atoms with Crippen LogP contribution in [0.15, 0.2) is 36.4 Å². The summed E-state index contributed by atoms with van der Waals surface area (Å²) in [7, 11) is 4.81. The summed E-state index contributed by atoms with van der Waals surface area (Å²) >= 11 is 0. The molecule has 0 aromatic heterocycles. The normalized spacial score (nSPS) is 17.4. The number of carboxylic acids is 1. The summed E-state index contributed by atoms with van der Waals surface area (Å²) in [5.74, 6) is 1.70. The first kappa shape index (κ1) is 21.8. The van der Waals surface area contributed by atoms with Gasteiger partial charge in [-0.15, -0.1) is 0 Å². The second kappa shape index (κ2) is 9.71. The Hall–Kier alpha value is -2.93. The third-order valence-electron chi connectivity index (χ3n) is 5.45. The minimum absolute atomic E-state index is 0.384. The number of aliphatic carboxylic acids is 1. The fourth-order valence-corrected chi connectivity index (χ4v) is 4.17. The Morgan fingerprint density at radius 2 is 1.73 bits per heavy atom. The molecular formula is C23H29NO6. The molecule has 2 aromatic rings. The van der Waals surface area contributed by atoms with Gasteiger partial charge in [0.15, 0.2) is 11.5 Å². The third kappa shape index (κ3) is 4.16. The van der Waals surface area contributed by atoms with E-state index in [0.29, 0.717) is 42.6 Å². The van der Waals surface area contributed by atoms with Gasteiger partial charge in [0.1, 0.15) is 17.5 Å². The van der Waals surface area contributed by atoms with Crippen LogP contribution in [0.3, 0.4) is 0 Å². The molecule has 0 bridgehead atoms. The molecule has 2 aromatic carbocycles. The fourth-order valence-electron chi connectivity index (χ4n) is 4.17. The molecule has 30 heavy (non-hydrogen) atoms. The number of nitrogens with zero attached hydrogens (tertiary/aromatic N) is 1. The number of hydrogen-bond donors (Lipinski definition) is 1. The Bertz CT molecular complexity index is 862. The Kier molecular flexibility index (Phi) is 7.05. The average molecular weight is 415 g/mol. The van der Waals surface area contributed by atoms with Gasteiger partial charge in [-0.25, -0.2) is 0 Å². The second-order valence-corrected chi connectivity index (χ2v) is 7.06. The van der Waals surface area contributed by atoms with Gasteiger partial charge in [-0.2, -0.15) is 0 Å². The molecule has 1 aliphatic heterocycles. The Balaban J connectivity index is 2.22. The molecule has 0 aliphatic carbocycles. The Morgan fingerprint density at radius 3 is 2.30 bits per heavy atom. The summed E-state index contributed by atoms with van der Waals surface area (Å²) in [6.45, 7) is 3.05. The van der Waals surface area contributed by atoms with E-state index in [1.807, 2.05) is 48.2 Å². The van der Waals surface area contributed by atoms with Crippen molar-refractivity contribution in [1.29, 1.82) is 0 Å². The highest BCUT2D eigenvalue weighted by Gasteiger charge is 2.39. The van der Waals surface area contributed by atoms with Gasteiger partial charge >= 0.3 is 5.97 Å². The van der Waals surface area contributed by atoms with Crippen molar-refractivity contribution in [3.8, 4) is 23.0 Å². The zero-order valence-electron chi connectivity index (χ0n) is 17.9. The summed E-state index contributed by atoms with van der Waals surface area (Å²) in [5, 5.41) is 9.85. The topological polar surface area (TPSA) is 77.5 Å². The molecule has 7 nitrogen and oxygen atoms in total. The molecule has 7 heteroatoms. The van der Waals surface area contributed by atoms with Crippen LogP contribution < -0.4 is 18.9 Å². The Labute approximate surface area is 177 Å². The van der Waals surface area contributed by atoms with Crippen LogP contribution >= 0.6 is 0 Å². The van der Waals surface area contributed by atoms with Crippen molar-refractivity contribution in [2.75, 3.05) is 34.5 Å². The van der Waals surface area contributed by atoms with Crippen molar-refractivity contribution in [2.24, 2.45) is 0 Å². The van der Waals surface area contributed by atoms with Gasteiger partial charge in [0.05, 0.1) is 39.5 Å². The SMILES string of the molecule is CCOc1cc(C(c2c(OC)cccc2OC)N2CCCC2C(=O)O)ccc1OC. The number of methoxy groups -OCH3 is 3. The monoisotopic (exact) mass is 415 g/mol. The van der Waals surface area contributed by atoms with E-state index in [2.05, 4.69) is 0 Å². The van der Waals surface area contributed by atoms with Crippen LogP contribution in [0.4, 0.5) is 0 Å². The summed E-state index contributed by atoms with van der Waals surface area (Å²) in [4.78, 5) is 14.0. The van der Waals surface area contributed by atoms with E-state index >= 15 is 0 Å². The maximum atomic E-state index is 12.0. The zero-order chi connectivity index (χ0) is 21.7. The van der Waals surface area contributed by atoms with Crippen molar-refractivity contribution in [2.45, 2.75) is 31.8 Å². The van der Waals surface area contributed by atoms with E-state index in [1.54, 1.807) is 21.3 Å². The zero-order valence-corrected chi connectivity index (χ0v) is 17.9. The standard InChI is InChI=1S/C23H29NO6/c1-5-30-20-14-15(11-12-17(20)27-2)22(24-13-7-8-16(24)23(25)26)21-18(28-3)9-6-10-19(21)29-4/h6,9-12,14,16,22H,5,7-8,13H2,1-4H3,(H,25,26). The van der Waals surface area contributed by atoms with Gasteiger partial charge in [-0.05, 0) is 49.6 Å². The molecule has 3 rings (SSSR count). The van der Waals surface area contributed by atoms with Gasteiger partial charge in [-0.1, -0.05) is 12.1 Å². The van der Waals surface area contributed by atoms with Crippen molar-refractivity contribution >= 4 is 5.97 Å². The predicted octanol–water partition coefficient (Wildman–Crippen LogP) is 3.75. The first-order valence-electron chi connectivity index (χ1n) is 10.1. The molecule has 1 saturated heterocycles. The molecule has 0 spiro atoms. The summed E-state index contributed by atoms with van der Waals surface area (Å²) in [6, 6.07) is 10.3. The lowest BCUT2D eigenvalue weighted by molar-refractivity contribution is -0.142. The largest absolute Gasteiger partial charge is 0.496 e. The van der Waals surface area contributed by atoms with Crippen LogP contribution in [0.5, 0.6) is 23.0 Å². The summed E-state index contributed by atoms with van der Waals surface area (Å²) in [5.41, 5.74) is 1.68. The van der Waals surface area contributed by atoms with Gasteiger partial charge in [0.25, 0.3) is 0 Å². The van der Waals surface area contributed by atoms with Crippen molar-refractivity contribution in [3.05, 3.63) is 47.5 Å². The molecule has 0 saturated carbocycles. The van der Waals surface area contributed by atoms with Crippen molar-refractivity contribution in [3.63, 3.8) is 0 Å². The fraction of sp³-hybridized carbons (Fsp3) is 0.435. The maximum absolute atomic E-state index is 12.0. The van der Waals surface area contributed by atoms with E-state index in [0.717, 1.165) is 17.5 Å². The molecular weight excluding hydrogens is 386 g/mol. The molecule has 0 amide bonds. The number of hydrogen-bond acceptors (Lipinski definition) is 6. The second-order valence-electron chi connectivity index (χ2n) is 7.06. The highest BCUT2D eigenvalue weighted by atomic mass is 16.5. The number of benzene rings is 2. The quantitative estimate of drug-likeness (QED) is 0.668. The van der Waals surface area contributed by atoms with Gasteiger partial charge in [0.2, 0.25) is 0 Å². The maximum Gasteiger partial charge on any atom is 0.320 e. The van der Waals surface area contributed by atoms with E-state index in [-0.39, 0.29) is 6.04 Å². The van der Waals surface area contributed by atoms with Crippen molar-refractivity contribution < 1.29 is 28.8 Å². The lowest BCUT2D eigenvalue weighted by atomic mass is 9.94. The average Bonchev–Trinajstić information content (AvgIpc) is 3.24. The minimum Gasteiger partial charge on any atom is -0.496 e. The highest BCUT2D eigenvalue weighted by Crippen LogP contribution is 2.45. The van der Waals surface area contributed by atoms with Gasteiger partial charge < -0.3 is 24.1 Å². The van der Waals surface area contributed by atoms with E-state index in [1.165, 1.54) is 0 Å². The lowest BCUT2D eigenvalue weighted by Gasteiger charge is -2.34.